The monoisotopic (exact) mass is 357 g/mol. The standard InChI is InChI=1S/C9H7BrF3N3S2/c10-4-1-2-17-7(4)6(16-14)5-3-15-8(18-5)9(11,12)13/h1-3,6,16H,14H2. The van der Waals surface area contributed by atoms with Crippen LogP contribution in [-0.2, 0) is 6.18 Å². The van der Waals surface area contributed by atoms with Gasteiger partial charge in [0.05, 0.1) is 6.04 Å². The van der Waals surface area contributed by atoms with Gasteiger partial charge in [-0.15, -0.1) is 22.7 Å². The van der Waals surface area contributed by atoms with Gasteiger partial charge in [-0.05, 0) is 27.4 Å². The number of thiophene rings is 1. The molecule has 1 atom stereocenters. The first kappa shape index (κ1) is 13.9. The van der Waals surface area contributed by atoms with Crippen LogP contribution in [0.15, 0.2) is 22.1 Å². The maximum Gasteiger partial charge on any atom is 0.443 e. The lowest BCUT2D eigenvalue weighted by atomic mass is 10.2. The quantitative estimate of drug-likeness (QED) is 0.652. The summed E-state index contributed by atoms with van der Waals surface area (Å²) in [5.41, 5.74) is 2.51. The highest BCUT2D eigenvalue weighted by Crippen LogP contribution is 2.38. The molecule has 0 bridgehead atoms. The molecule has 0 amide bonds. The minimum Gasteiger partial charge on any atom is -0.271 e. The van der Waals surface area contributed by atoms with Crippen molar-refractivity contribution >= 4 is 38.6 Å². The van der Waals surface area contributed by atoms with Crippen molar-refractivity contribution in [3.05, 3.63) is 36.9 Å². The largest absolute Gasteiger partial charge is 0.443 e. The summed E-state index contributed by atoms with van der Waals surface area (Å²) in [4.78, 5) is 4.62. The van der Waals surface area contributed by atoms with Crippen molar-refractivity contribution in [1.82, 2.24) is 10.4 Å². The second-order valence-corrected chi connectivity index (χ2v) is 6.16. The Balaban J connectivity index is 2.35. The van der Waals surface area contributed by atoms with Crippen molar-refractivity contribution in [2.75, 3.05) is 0 Å². The van der Waals surface area contributed by atoms with Crippen molar-refractivity contribution in [1.29, 1.82) is 0 Å². The van der Waals surface area contributed by atoms with Gasteiger partial charge >= 0.3 is 6.18 Å². The van der Waals surface area contributed by atoms with Gasteiger partial charge in [-0.1, -0.05) is 0 Å². The average molecular weight is 358 g/mol. The molecule has 1 unspecified atom stereocenters. The van der Waals surface area contributed by atoms with E-state index in [9.17, 15) is 13.2 Å². The molecule has 0 radical (unpaired) electrons. The highest BCUT2D eigenvalue weighted by atomic mass is 79.9. The lowest BCUT2D eigenvalue weighted by molar-refractivity contribution is -0.137. The van der Waals surface area contributed by atoms with Gasteiger partial charge in [0.25, 0.3) is 0 Å². The number of hydrazine groups is 1. The van der Waals surface area contributed by atoms with Crippen LogP contribution in [0.2, 0.25) is 0 Å². The zero-order valence-electron chi connectivity index (χ0n) is 8.66. The van der Waals surface area contributed by atoms with Crippen molar-refractivity contribution in [2.24, 2.45) is 5.84 Å². The first-order valence-corrected chi connectivity index (χ1v) is 7.14. The van der Waals surface area contributed by atoms with Crippen LogP contribution in [0.25, 0.3) is 0 Å². The summed E-state index contributed by atoms with van der Waals surface area (Å²) in [6, 6.07) is 1.32. The van der Waals surface area contributed by atoms with E-state index in [1.807, 2.05) is 11.4 Å². The SMILES string of the molecule is NNC(c1cnc(C(F)(F)F)s1)c1sccc1Br. The van der Waals surface area contributed by atoms with Gasteiger partial charge in [-0.3, -0.25) is 5.84 Å². The summed E-state index contributed by atoms with van der Waals surface area (Å²) in [5.74, 6) is 5.42. The number of halogens is 4. The average Bonchev–Trinajstić information content (AvgIpc) is 2.89. The molecule has 2 aromatic heterocycles. The number of thiazole rings is 1. The molecule has 98 valence electrons. The molecule has 0 saturated carbocycles. The third-order valence-corrected chi connectivity index (χ3v) is 5.17. The number of rotatable bonds is 3. The predicted molar refractivity (Wildman–Crippen MR) is 68.3 cm³/mol. The molecule has 2 rings (SSSR count). The number of nitrogens with two attached hydrogens (primary N) is 1. The van der Waals surface area contributed by atoms with Gasteiger partial charge in [0.15, 0.2) is 5.01 Å². The molecular formula is C9H7BrF3N3S2. The smallest absolute Gasteiger partial charge is 0.271 e. The van der Waals surface area contributed by atoms with Crippen molar-refractivity contribution < 1.29 is 13.2 Å². The molecule has 9 heteroatoms. The molecule has 0 saturated heterocycles. The summed E-state index contributed by atoms with van der Waals surface area (Å²) >= 11 is 5.32. The second kappa shape index (κ2) is 5.25. The summed E-state index contributed by atoms with van der Waals surface area (Å²) in [5, 5.41) is 0.959. The summed E-state index contributed by atoms with van der Waals surface area (Å²) in [6.07, 6.45) is -3.22. The number of alkyl halides is 3. The van der Waals surface area contributed by atoms with E-state index >= 15 is 0 Å². The lowest BCUT2D eigenvalue weighted by Gasteiger charge is -2.12. The van der Waals surface area contributed by atoms with Crippen LogP contribution in [0.5, 0.6) is 0 Å². The van der Waals surface area contributed by atoms with Crippen molar-refractivity contribution in [3.63, 3.8) is 0 Å². The molecule has 18 heavy (non-hydrogen) atoms. The number of nitrogens with one attached hydrogen (secondary N) is 1. The molecule has 3 N–H and O–H groups in total. The first-order valence-electron chi connectivity index (χ1n) is 4.65. The topological polar surface area (TPSA) is 50.9 Å². The predicted octanol–water partition coefficient (Wildman–Crippen LogP) is 3.54. The van der Waals surface area contributed by atoms with Gasteiger partial charge in [0.1, 0.15) is 0 Å². The van der Waals surface area contributed by atoms with Crippen LogP contribution in [-0.4, -0.2) is 4.98 Å². The first-order chi connectivity index (χ1) is 8.43. The Bertz CT molecular complexity index is 537. The van der Waals surface area contributed by atoms with Gasteiger partial charge in [0.2, 0.25) is 0 Å². The number of hydrogen-bond acceptors (Lipinski definition) is 5. The maximum atomic E-state index is 12.5. The molecule has 2 heterocycles. The van der Waals surface area contributed by atoms with Crippen LogP contribution in [0.3, 0.4) is 0 Å². The van der Waals surface area contributed by atoms with E-state index in [4.69, 9.17) is 5.84 Å². The number of nitrogens with zero attached hydrogens (tertiary/aromatic N) is 1. The molecule has 0 aliphatic heterocycles. The second-order valence-electron chi connectivity index (χ2n) is 3.30. The van der Waals surface area contributed by atoms with Crippen LogP contribution in [0, 0.1) is 0 Å². The highest BCUT2D eigenvalue weighted by molar-refractivity contribution is 9.10. The Morgan fingerprint density at radius 2 is 2.17 bits per heavy atom. The van der Waals surface area contributed by atoms with E-state index < -0.39 is 17.2 Å². The zero-order chi connectivity index (χ0) is 13.3. The molecule has 0 aliphatic rings. The van der Waals surface area contributed by atoms with Crippen molar-refractivity contribution in [3.8, 4) is 0 Å². The van der Waals surface area contributed by atoms with Gasteiger partial charge in [-0.25, -0.2) is 10.4 Å². The third kappa shape index (κ3) is 2.75. The van der Waals surface area contributed by atoms with Crippen LogP contribution in [0.4, 0.5) is 13.2 Å². The Kier molecular flexibility index (Phi) is 4.07. The third-order valence-electron chi connectivity index (χ3n) is 2.12. The minimum absolute atomic E-state index is 0.424. The van der Waals surface area contributed by atoms with E-state index in [2.05, 4.69) is 26.3 Å². The Labute approximate surface area is 117 Å². The van der Waals surface area contributed by atoms with E-state index in [0.717, 1.165) is 9.35 Å². The normalized spacial score (nSPS) is 13.8. The van der Waals surface area contributed by atoms with Crippen LogP contribution < -0.4 is 11.3 Å². The number of hydrogen-bond donors (Lipinski definition) is 2. The molecular weight excluding hydrogens is 351 g/mol. The molecule has 0 fully saturated rings. The fourth-order valence-corrected chi connectivity index (χ4v) is 3.96. The zero-order valence-corrected chi connectivity index (χ0v) is 11.9. The molecule has 0 spiro atoms. The fourth-order valence-electron chi connectivity index (χ4n) is 1.35. The Hall–Kier alpha value is -0.480. The molecule has 0 aliphatic carbocycles. The molecule has 3 nitrogen and oxygen atoms in total. The summed E-state index contributed by atoms with van der Waals surface area (Å²) < 4.78 is 38.2. The maximum absolute atomic E-state index is 12.5. The molecule has 0 aromatic carbocycles. The van der Waals surface area contributed by atoms with E-state index in [0.29, 0.717) is 16.2 Å². The summed E-state index contributed by atoms with van der Waals surface area (Å²) in [6.45, 7) is 0. The van der Waals surface area contributed by atoms with E-state index in [-0.39, 0.29) is 0 Å². The highest BCUT2D eigenvalue weighted by Gasteiger charge is 2.35. The van der Waals surface area contributed by atoms with E-state index in [1.165, 1.54) is 17.5 Å². The Morgan fingerprint density at radius 3 is 2.61 bits per heavy atom. The Morgan fingerprint density at radius 1 is 1.44 bits per heavy atom. The minimum atomic E-state index is -4.42. The van der Waals surface area contributed by atoms with Gasteiger partial charge in [-0.2, -0.15) is 13.2 Å². The van der Waals surface area contributed by atoms with Gasteiger partial charge in [0, 0.05) is 20.4 Å². The lowest BCUT2D eigenvalue weighted by Crippen LogP contribution is -2.27. The molecule has 2 aromatic rings. The van der Waals surface area contributed by atoms with Gasteiger partial charge < -0.3 is 0 Å². The van der Waals surface area contributed by atoms with Crippen molar-refractivity contribution in [2.45, 2.75) is 12.2 Å². The van der Waals surface area contributed by atoms with E-state index in [1.54, 1.807) is 0 Å². The number of aromatic nitrogens is 1. The van der Waals surface area contributed by atoms with Crippen LogP contribution >= 0.6 is 38.6 Å². The fraction of sp³-hybridized carbons (Fsp3) is 0.222. The van der Waals surface area contributed by atoms with Crippen LogP contribution in [0.1, 0.15) is 20.8 Å². The summed E-state index contributed by atoms with van der Waals surface area (Å²) in [7, 11) is 0.